The van der Waals surface area contributed by atoms with Gasteiger partial charge in [0.05, 0.1) is 0 Å². The minimum atomic E-state index is 0.482. The SMILES string of the molecule is C=C/C(C)=C(\S)c1c(C(C)C)cc(C(C)C)cc1C(C)C. The predicted octanol–water partition coefficient (Wildman–Crippen LogP) is 6.90. The standard InChI is InChI=1S/C20H30S/c1-9-15(8)20(21)19-17(13(4)5)10-16(12(2)3)11-18(19)14(6)7/h9-14,21H,1H2,2-8H3/b20-15-. The molecule has 0 aliphatic rings. The summed E-state index contributed by atoms with van der Waals surface area (Å²) in [5, 5.41) is 0. The lowest BCUT2D eigenvalue weighted by Gasteiger charge is -2.23. The Hall–Kier alpha value is -0.950. The Morgan fingerprint density at radius 2 is 1.38 bits per heavy atom. The second-order valence-electron chi connectivity index (χ2n) is 6.77. The second kappa shape index (κ2) is 7.35. The van der Waals surface area contributed by atoms with Gasteiger partial charge in [0.2, 0.25) is 0 Å². The van der Waals surface area contributed by atoms with Crippen molar-refractivity contribution in [3.63, 3.8) is 0 Å². The third-order valence-electron chi connectivity index (χ3n) is 4.05. The van der Waals surface area contributed by atoms with E-state index in [-0.39, 0.29) is 0 Å². The van der Waals surface area contributed by atoms with Crippen LogP contribution in [0, 0.1) is 0 Å². The van der Waals surface area contributed by atoms with Crippen LogP contribution in [0.3, 0.4) is 0 Å². The van der Waals surface area contributed by atoms with E-state index in [0.29, 0.717) is 17.8 Å². The van der Waals surface area contributed by atoms with E-state index < -0.39 is 0 Å². The molecule has 1 heteroatoms. The van der Waals surface area contributed by atoms with Gasteiger partial charge in [0.1, 0.15) is 0 Å². The van der Waals surface area contributed by atoms with Crippen molar-refractivity contribution < 1.29 is 0 Å². The first kappa shape index (κ1) is 18.1. The summed E-state index contributed by atoms with van der Waals surface area (Å²) in [6.45, 7) is 19.5. The van der Waals surface area contributed by atoms with Crippen molar-refractivity contribution in [2.24, 2.45) is 0 Å². The molecule has 0 aliphatic heterocycles. The molecule has 0 amide bonds. The van der Waals surface area contributed by atoms with E-state index in [2.05, 4.69) is 67.2 Å². The first-order chi connectivity index (χ1) is 9.70. The molecule has 0 bridgehead atoms. The number of hydrogen-bond acceptors (Lipinski definition) is 1. The molecule has 1 rings (SSSR count). The lowest BCUT2D eigenvalue weighted by Crippen LogP contribution is -2.05. The van der Waals surface area contributed by atoms with Gasteiger partial charge in [-0.15, -0.1) is 12.6 Å². The third-order valence-corrected chi connectivity index (χ3v) is 4.63. The molecular formula is C20H30S. The summed E-state index contributed by atoms with van der Waals surface area (Å²) in [5.41, 5.74) is 6.67. The molecule has 0 atom stereocenters. The van der Waals surface area contributed by atoms with Crippen molar-refractivity contribution in [2.75, 3.05) is 0 Å². The topological polar surface area (TPSA) is 0 Å². The fourth-order valence-corrected chi connectivity index (χ4v) is 2.87. The average Bonchev–Trinajstić information content (AvgIpc) is 2.43. The van der Waals surface area contributed by atoms with Crippen LogP contribution in [0.25, 0.3) is 4.91 Å². The highest BCUT2D eigenvalue weighted by atomic mass is 32.1. The Bertz CT molecular complexity index is 516. The number of benzene rings is 1. The van der Waals surface area contributed by atoms with Gasteiger partial charge in [0.15, 0.2) is 0 Å². The first-order valence-electron chi connectivity index (χ1n) is 7.91. The van der Waals surface area contributed by atoms with Crippen molar-refractivity contribution in [1.29, 1.82) is 0 Å². The van der Waals surface area contributed by atoms with Crippen molar-refractivity contribution in [3.8, 4) is 0 Å². The Morgan fingerprint density at radius 1 is 0.952 bits per heavy atom. The van der Waals surface area contributed by atoms with Crippen LogP contribution in [0.1, 0.15) is 88.5 Å². The number of hydrogen-bond donors (Lipinski definition) is 1. The molecule has 0 N–H and O–H groups in total. The van der Waals surface area contributed by atoms with Crippen LogP contribution in [-0.2, 0) is 0 Å². The van der Waals surface area contributed by atoms with E-state index in [9.17, 15) is 0 Å². The summed E-state index contributed by atoms with van der Waals surface area (Å²) in [6.07, 6.45) is 1.90. The highest BCUT2D eigenvalue weighted by Gasteiger charge is 2.19. The van der Waals surface area contributed by atoms with E-state index in [1.165, 1.54) is 22.3 Å². The lowest BCUT2D eigenvalue weighted by atomic mass is 9.83. The van der Waals surface area contributed by atoms with Gasteiger partial charge in [-0.2, -0.15) is 0 Å². The fraction of sp³-hybridized carbons (Fsp3) is 0.500. The molecule has 0 radical (unpaired) electrons. The molecule has 0 aromatic heterocycles. The lowest BCUT2D eigenvalue weighted by molar-refractivity contribution is 0.800. The number of allylic oxidation sites excluding steroid dienone is 2. The van der Waals surface area contributed by atoms with Crippen LogP contribution < -0.4 is 0 Å². The van der Waals surface area contributed by atoms with Crippen molar-refractivity contribution in [3.05, 3.63) is 52.6 Å². The van der Waals surface area contributed by atoms with Crippen LogP contribution in [0.5, 0.6) is 0 Å². The minimum absolute atomic E-state index is 0.482. The van der Waals surface area contributed by atoms with Crippen molar-refractivity contribution >= 4 is 17.5 Å². The normalized spacial score (nSPS) is 13.1. The Labute approximate surface area is 136 Å². The van der Waals surface area contributed by atoms with E-state index >= 15 is 0 Å². The van der Waals surface area contributed by atoms with Gasteiger partial charge < -0.3 is 0 Å². The molecule has 0 unspecified atom stereocenters. The van der Waals surface area contributed by atoms with Crippen LogP contribution in [-0.4, -0.2) is 0 Å². The largest absolute Gasteiger partial charge is 0.143 e. The zero-order valence-electron chi connectivity index (χ0n) is 14.6. The van der Waals surface area contributed by atoms with Gasteiger partial charge in [0, 0.05) is 4.91 Å². The van der Waals surface area contributed by atoms with Crippen molar-refractivity contribution in [1.82, 2.24) is 0 Å². The van der Waals surface area contributed by atoms with Gasteiger partial charge in [0.25, 0.3) is 0 Å². The fourth-order valence-electron chi connectivity index (χ4n) is 2.52. The zero-order valence-corrected chi connectivity index (χ0v) is 15.5. The summed E-state index contributed by atoms with van der Waals surface area (Å²) in [5.74, 6) is 1.51. The quantitative estimate of drug-likeness (QED) is 0.443. The molecule has 116 valence electrons. The molecule has 0 nitrogen and oxygen atoms in total. The predicted molar refractivity (Wildman–Crippen MR) is 100 cm³/mol. The van der Waals surface area contributed by atoms with E-state index in [1.54, 1.807) is 0 Å². The first-order valence-corrected chi connectivity index (χ1v) is 8.35. The smallest absolute Gasteiger partial charge is 0.0147 e. The zero-order chi connectivity index (χ0) is 16.3. The molecule has 0 spiro atoms. The van der Waals surface area contributed by atoms with Crippen LogP contribution in [0.4, 0.5) is 0 Å². The minimum Gasteiger partial charge on any atom is -0.143 e. The average molecular weight is 303 g/mol. The molecule has 0 heterocycles. The van der Waals surface area contributed by atoms with Gasteiger partial charge in [-0.1, -0.05) is 66.3 Å². The maximum absolute atomic E-state index is 4.82. The third kappa shape index (κ3) is 4.03. The summed E-state index contributed by atoms with van der Waals surface area (Å²) < 4.78 is 0. The maximum atomic E-state index is 4.82. The molecule has 1 aromatic carbocycles. The molecule has 0 saturated heterocycles. The van der Waals surface area contributed by atoms with Crippen LogP contribution in [0.15, 0.2) is 30.4 Å². The summed E-state index contributed by atoms with van der Waals surface area (Å²) in [4.78, 5) is 1.06. The van der Waals surface area contributed by atoms with Gasteiger partial charge >= 0.3 is 0 Å². The van der Waals surface area contributed by atoms with Crippen LogP contribution >= 0.6 is 12.6 Å². The molecule has 0 saturated carbocycles. The van der Waals surface area contributed by atoms with E-state index in [0.717, 1.165) is 10.5 Å². The second-order valence-corrected chi connectivity index (χ2v) is 7.22. The highest BCUT2D eigenvalue weighted by molar-refractivity contribution is 7.90. The molecular weight excluding hydrogens is 272 g/mol. The molecule has 21 heavy (non-hydrogen) atoms. The van der Waals surface area contributed by atoms with Gasteiger partial charge in [-0.3, -0.25) is 0 Å². The maximum Gasteiger partial charge on any atom is 0.0147 e. The van der Waals surface area contributed by atoms with E-state index in [1.807, 2.05) is 6.08 Å². The van der Waals surface area contributed by atoms with Gasteiger partial charge in [-0.25, -0.2) is 0 Å². The van der Waals surface area contributed by atoms with Gasteiger partial charge in [-0.05, 0) is 52.5 Å². The molecule has 0 fully saturated rings. The summed E-state index contributed by atoms with van der Waals surface area (Å²) in [6, 6.07) is 4.73. The Balaban J connectivity index is 3.78. The monoisotopic (exact) mass is 302 g/mol. The Morgan fingerprint density at radius 3 is 1.67 bits per heavy atom. The van der Waals surface area contributed by atoms with E-state index in [4.69, 9.17) is 12.6 Å². The van der Waals surface area contributed by atoms with Crippen molar-refractivity contribution in [2.45, 2.75) is 66.2 Å². The molecule has 1 aromatic rings. The summed E-state index contributed by atoms with van der Waals surface area (Å²) in [7, 11) is 0. The Kier molecular flexibility index (Phi) is 6.34. The number of thiol groups is 1. The van der Waals surface area contributed by atoms with Crippen LogP contribution in [0.2, 0.25) is 0 Å². The summed E-state index contributed by atoms with van der Waals surface area (Å²) >= 11 is 4.82. The molecule has 0 aliphatic carbocycles. The number of rotatable bonds is 5. The highest BCUT2D eigenvalue weighted by Crippen LogP contribution is 2.38.